The first-order chi connectivity index (χ1) is 4.24. The lowest BCUT2D eigenvalue weighted by atomic mass is 10.4. The lowest BCUT2D eigenvalue weighted by molar-refractivity contribution is 1.06. The van der Waals surface area contributed by atoms with E-state index < -0.39 is 0 Å². The highest BCUT2D eigenvalue weighted by Gasteiger charge is 1.99. The van der Waals surface area contributed by atoms with Crippen molar-refractivity contribution in [2.24, 2.45) is 5.73 Å². The van der Waals surface area contributed by atoms with Crippen molar-refractivity contribution >= 4 is 23.7 Å². The maximum absolute atomic E-state index is 5.43. The predicted molar refractivity (Wildman–Crippen MR) is 46.7 cm³/mol. The summed E-state index contributed by atoms with van der Waals surface area (Å²) in [6.45, 7) is 4.61. The molecule has 0 aliphatic heterocycles. The van der Waals surface area contributed by atoms with Gasteiger partial charge in [-0.1, -0.05) is 0 Å². The minimum absolute atomic E-state index is 0. The van der Waals surface area contributed by atoms with Gasteiger partial charge in [-0.15, -0.1) is 23.7 Å². The van der Waals surface area contributed by atoms with E-state index in [0.29, 0.717) is 6.54 Å². The van der Waals surface area contributed by atoms with Gasteiger partial charge < -0.3 is 5.73 Å². The van der Waals surface area contributed by atoms with Crippen LogP contribution in [0.25, 0.3) is 0 Å². The van der Waals surface area contributed by atoms with E-state index >= 15 is 0 Å². The second-order valence-electron chi connectivity index (χ2n) is 1.95. The third kappa shape index (κ3) is 1.94. The Balaban J connectivity index is 0.000000810. The molecule has 2 N–H and O–H groups in total. The molecule has 0 spiro atoms. The Morgan fingerprint density at radius 3 is 2.30 bits per heavy atom. The fraction of sp³-hybridized carbons (Fsp3) is 0.500. The number of hydrogen-bond acceptors (Lipinski definition) is 3. The third-order valence-corrected chi connectivity index (χ3v) is 2.28. The molecule has 2 nitrogen and oxygen atoms in total. The Labute approximate surface area is 70.9 Å². The summed E-state index contributed by atoms with van der Waals surface area (Å²) in [6.07, 6.45) is 0. The fourth-order valence-corrected chi connectivity index (χ4v) is 1.58. The smallest absolute Gasteiger partial charge is 0.0900 e. The van der Waals surface area contributed by atoms with Crippen molar-refractivity contribution < 1.29 is 0 Å². The van der Waals surface area contributed by atoms with Gasteiger partial charge in [-0.3, -0.25) is 0 Å². The van der Waals surface area contributed by atoms with Crippen molar-refractivity contribution in [1.29, 1.82) is 0 Å². The van der Waals surface area contributed by atoms with Crippen molar-refractivity contribution in [3.05, 3.63) is 15.6 Å². The Kier molecular flexibility index (Phi) is 3.86. The van der Waals surface area contributed by atoms with E-state index in [1.54, 1.807) is 11.3 Å². The van der Waals surface area contributed by atoms with Gasteiger partial charge in [-0.2, -0.15) is 0 Å². The molecule has 0 saturated heterocycles. The van der Waals surface area contributed by atoms with Gasteiger partial charge in [0.15, 0.2) is 0 Å². The Morgan fingerprint density at radius 2 is 2.10 bits per heavy atom. The zero-order valence-electron chi connectivity index (χ0n) is 6.05. The summed E-state index contributed by atoms with van der Waals surface area (Å²) in [5, 5.41) is 1.10. The third-order valence-electron chi connectivity index (χ3n) is 1.18. The largest absolute Gasteiger partial charge is 0.326 e. The van der Waals surface area contributed by atoms with Crippen LogP contribution in [-0.2, 0) is 6.54 Å². The molecule has 58 valence electrons. The number of rotatable bonds is 1. The van der Waals surface area contributed by atoms with Crippen LogP contribution < -0.4 is 5.73 Å². The van der Waals surface area contributed by atoms with Crippen LogP contribution >= 0.6 is 23.7 Å². The molecule has 1 aromatic heterocycles. The maximum atomic E-state index is 5.43. The van der Waals surface area contributed by atoms with E-state index in [1.807, 2.05) is 13.8 Å². The zero-order valence-corrected chi connectivity index (χ0v) is 7.68. The number of aryl methyl sites for hydroxylation is 2. The van der Waals surface area contributed by atoms with Crippen molar-refractivity contribution in [1.82, 2.24) is 4.98 Å². The number of halogens is 1. The van der Waals surface area contributed by atoms with Crippen LogP contribution in [0.4, 0.5) is 0 Å². The number of thiazole rings is 1. The minimum atomic E-state index is 0. The highest BCUT2D eigenvalue weighted by Crippen LogP contribution is 2.15. The Bertz CT molecular complexity index is 210. The quantitative estimate of drug-likeness (QED) is 0.710. The minimum Gasteiger partial charge on any atom is -0.326 e. The van der Waals surface area contributed by atoms with E-state index in [-0.39, 0.29) is 12.4 Å². The topological polar surface area (TPSA) is 38.9 Å². The first kappa shape index (κ1) is 9.88. The van der Waals surface area contributed by atoms with Crippen LogP contribution in [0.1, 0.15) is 15.6 Å². The normalized spacial score (nSPS) is 9.10. The van der Waals surface area contributed by atoms with Crippen LogP contribution in [0.5, 0.6) is 0 Å². The maximum Gasteiger partial charge on any atom is 0.0900 e. The summed E-state index contributed by atoms with van der Waals surface area (Å²) in [5.74, 6) is 0. The van der Waals surface area contributed by atoms with Gasteiger partial charge in [0, 0.05) is 11.4 Å². The highest BCUT2D eigenvalue weighted by molar-refractivity contribution is 7.11. The van der Waals surface area contributed by atoms with Crippen molar-refractivity contribution in [3.63, 3.8) is 0 Å². The summed E-state index contributed by atoms with van der Waals surface area (Å²) >= 11 is 1.68. The second kappa shape index (κ2) is 3.91. The van der Waals surface area contributed by atoms with Gasteiger partial charge in [0.25, 0.3) is 0 Å². The van der Waals surface area contributed by atoms with Crippen LogP contribution in [0.2, 0.25) is 0 Å². The molecular weight excluding hydrogens is 168 g/mol. The molecule has 0 aromatic carbocycles. The van der Waals surface area contributed by atoms with Crippen molar-refractivity contribution in [3.8, 4) is 0 Å². The molecule has 0 unspecified atom stereocenters. The summed E-state index contributed by atoms with van der Waals surface area (Å²) < 4.78 is 0. The van der Waals surface area contributed by atoms with E-state index in [1.165, 1.54) is 4.88 Å². The van der Waals surface area contributed by atoms with Crippen molar-refractivity contribution in [2.45, 2.75) is 20.4 Å². The molecule has 1 aromatic rings. The predicted octanol–water partition coefficient (Wildman–Crippen LogP) is 1.64. The number of nitrogens with zero attached hydrogens (tertiary/aromatic N) is 1. The summed E-state index contributed by atoms with van der Waals surface area (Å²) in [5.41, 5.74) is 6.52. The molecule has 0 aliphatic rings. The molecule has 0 aliphatic carbocycles. The zero-order chi connectivity index (χ0) is 6.85. The van der Waals surface area contributed by atoms with Crippen molar-refractivity contribution in [2.75, 3.05) is 0 Å². The Morgan fingerprint density at radius 1 is 1.50 bits per heavy atom. The van der Waals surface area contributed by atoms with Gasteiger partial charge >= 0.3 is 0 Å². The van der Waals surface area contributed by atoms with Crippen LogP contribution in [-0.4, -0.2) is 4.98 Å². The standard InChI is InChI=1S/C6H10N2S.ClH/c1-4-6(3-7)9-5(2)8-4;/h3,7H2,1-2H3;1H. The first-order valence-corrected chi connectivity index (χ1v) is 3.68. The van der Waals surface area contributed by atoms with E-state index in [0.717, 1.165) is 10.7 Å². The fourth-order valence-electron chi connectivity index (χ4n) is 0.763. The second-order valence-corrected chi connectivity index (χ2v) is 3.23. The van der Waals surface area contributed by atoms with E-state index in [4.69, 9.17) is 5.73 Å². The molecule has 0 saturated carbocycles. The van der Waals surface area contributed by atoms with Gasteiger partial charge in [0.1, 0.15) is 0 Å². The molecule has 10 heavy (non-hydrogen) atoms. The summed E-state index contributed by atoms with van der Waals surface area (Å²) in [6, 6.07) is 0. The average molecular weight is 179 g/mol. The highest BCUT2D eigenvalue weighted by atomic mass is 35.5. The van der Waals surface area contributed by atoms with Gasteiger partial charge in [-0.25, -0.2) is 4.98 Å². The molecule has 4 heteroatoms. The van der Waals surface area contributed by atoms with Crippen LogP contribution in [0, 0.1) is 13.8 Å². The molecule has 0 amide bonds. The summed E-state index contributed by atoms with van der Waals surface area (Å²) in [7, 11) is 0. The molecule has 0 radical (unpaired) electrons. The summed E-state index contributed by atoms with van der Waals surface area (Å²) in [4.78, 5) is 5.42. The van der Waals surface area contributed by atoms with Gasteiger partial charge in [0.2, 0.25) is 0 Å². The lowest BCUT2D eigenvalue weighted by Gasteiger charge is -1.86. The SMILES string of the molecule is Cc1nc(C)c(CN)s1.Cl. The monoisotopic (exact) mass is 178 g/mol. The number of hydrogen-bond donors (Lipinski definition) is 1. The molecule has 0 fully saturated rings. The van der Waals surface area contributed by atoms with E-state index in [2.05, 4.69) is 4.98 Å². The average Bonchev–Trinajstić information content (AvgIpc) is 2.10. The van der Waals surface area contributed by atoms with Crippen LogP contribution in [0.15, 0.2) is 0 Å². The lowest BCUT2D eigenvalue weighted by Crippen LogP contribution is -1.94. The van der Waals surface area contributed by atoms with Gasteiger partial charge in [-0.05, 0) is 13.8 Å². The first-order valence-electron chi connectivity index (χ1n) is 2.87. The molecule has 0 atom stereocenters. The van der Waals surface area contributed by atoms with Crippen LogP contribution in [0.3, 0.4) is 0 Å². The number of nitrogens with two attached hydrogens (primary N) is 1. The number of aromatic nitrogens is 1. The van der Waals surface area contributed by atoms with E-state index in [9.17, 15) is 0 Å². The molecule has 1 heterocycles. The van der Waals surface area contributed by atoms with Gasteiger partial charge in [0.05, 0.1) is 10.7 Å². The Hall–Kier alpha value is -0.120. The molecule has 0 bridgehead atoms. The molecule has 1 rings (SSSR count). The molecular formula is C6H11ClN2S.